The summed E-state index contributed by atoms with van der Waals surface area (Å²) in [6.45, 7) is 3.07. The molecule has 4 fully saturated rings. The lowest BCUT2D eigenvalue weighted by molar-refractivity contribution is -0.130. The number of unbranched alkanes of at least 4 members (excludes halogenated alkanes) is 1. The predicted octanol–water partition coefficient (Wildman–Crippen LogP) is 2.90. The molecule has 1 aromatic rings. The first-order valence-corrected chi connectivity index (χ1v) is 11.3. The summed E-state index contributed by atoms with van der Waals surface area (Å²) >= 11 is 1.78. The molecule has 27 heavy (non-hydrogen) atoms. The van der Waals surface area contributed by atoms with Crippen molar-refractivity contribution in [3.05, 3.63) is 18.6 Å². The Bertz CT molecular complexity index is 667. The van der Waals surface area contributed by atoms with E-state index < -0.39 is 0 Å². The SMILES string of the molecule is O=C1C2C3CCC(O3)C2SN1CCCCC1CCN(c2cnccn2)CC1. The first-order chi connectivity index (χ1) is 13.3. The lowest BCUT2D eigenvalue weighted by Crippen LogP contribution is -2.34. The van der Waals surface area contributed by atoms with Gasteiger partial charge in [0.1, 0.15) is 5.82 Å². The highest BCUT2D eigenvalue weighted by Crippen LogP contribution is 2.51. The third-order valence-corrected chi connectivity index (χ3v) is 8.15. The van der Waals surface area contributed by atoms with Crippen LogP contribution in [0.3, 0.4) is 0 Å². The summed E-state index contributed by atoms with van der Waals surface area (Å²) in [6, 6.07) is 0. The molecule has 4 aliphatic heterocycles. The molecule has 0 aromatic carbocycles. The molecule has 4 atom stereocenters. The minimum absolute atomic E-state index is 0.152. The van der Waals surface area contributed by atoms with Gasteiger partial charge in [0.25, 0.3) is 0 Å². The molecule has 4 aliphatic rings. The first kappa shape index (κ1) is 17.7. The zero-order valence-electron chi connectivity index (χ0n) is 15.7. The molecule has 0 radical (unpaired) electrons. The van der Waals surface area contributed by atoms with Crippen LogP contribution in [0.15, 0.2) is 18.6 Å². The fraction of sp³-hybridized carbons (Fsp3) is 0.750. The van der Waals surface area contributed by atoms with E-state index in [1.165, 1.54) is 25.7 Å². The molecule has 0 N–H and O–H groups in total. The maximum absolute atomic E-state index is 12.7. The third-order valence-electron chi connectivity index (χ3n) is 6.70. The van der Waals surface area contributed by atoms with Gasteiger partial charge in [-0.1, -0.05) is 12.8 Å². The first-order valence-electron chi connectivity index (χ1n) is 10.4. The van der Waals surface area contributed by atoms with Gasteiger partial charge in [-0.05, 0) is 50.0 Å². The molecule has 1 aromatic heterocycles. The van der Waals surface area contributed by atoms with E-state index >= 15 is 0 Å². The molecular formula is C20H28N4O2S. The van der Waals surface area contributed by atoms with Gasteiger partial charge in [-0.15, -0.1) is 0 Å². The van der Waals surface area contributed by atoms with E-state index in [4.69, 9.17) is 4.74 Å². The number of rotatable bonds is 6. The van der Waals surface area contributed by atoms with Crippen molar-refractivity contribution in [3.63, 3.8) is 0 Å². The molecule has 1 amide bonds. The van der Waals surface area contributed by atoms with Gasteiger partial charge in [-0.2, -0.15) is 0 Å². The topological polar surface area (TPSA) is 58.6 Å². The van der Waals surface area contributed by atoms with E-state index in [1.54, 1.807) is 24.3 Å². The van der Waals surface area contributed by atoms with Crippen molar-refractivity contribution in [2.24, 2.45) is 11.8 Å². The van der Waals surface area contributed by atoms with Gasteiger partial charge < -0.3 is 9.64 Å². The average molecular weight is 389 g/mol. The van der Waals surface area contributed by atoms with Crippen molar-refractivity contribution in [3.8, 4) is 0 Å². The molecule has 2 bridgehead atoms. The highest BCUT2D eigenvalue weighted by Gasteiger charge is 2.58. The number of nitrogens with zero attached hydrogens (tertiary/aromatic N) is 4. The summed E-state index contributed by atoms with van der Waals surface area (Å²) in [6.07, 6.45) is 14.2. The van der Waals surface area contributed by atoms with Gasteiger partial charge in [-0.25, -0.2) is 4.98 Å². The van der Waals surface area contributed by atoms with Crippen LogP contribution in [0.25, 0.3) is 0 Å². The molecule has 5 rings (SSSR count). The van der Waals surface area contributed by atoms with Crippen LogP contribution in [-0.2, 0) is 9.53 Å². The van der Waals surface area contributed by atoms with E-state index in [1.807, 2.05) is 6.20 Å². The van der Waals surface area contributed by atoms with Gasteiger partial charge >= 0.3 is 0 Å². The molecule has 7 heteroatoms. The molecule has 0 saturated carbocycles. The van der Waals surface area contributed by atoms with Crippen molar-refractivity contribution in [1.82, 2.24) is 14.3 Å². The zero-order valence-corrected chi connectivity index (χ0v) is 16.5. The number of ether oxygens (including phenoxy) is 1. The number of hydrogen-bond acceptors (Lipinski definition) is 6. The van der Waals surface area contributed by atoms with E-state index in [-0.39, 0.29) is 12.0 Å². The number of fused-ring (bicyclic) bond motifs is 5. The van der Waals surface area contributed by atoms with Crippen LogP contribution in [0.5, 0.6) is 0 Å². The van der Waals surface area contributed by atoms with Crippen LogP contribution >= 0.6 is 11.9 Å². The molecule has 0 spiro atoms. The number of carbonyl (C=O) groups excluding carboxylic acids is 1. The molecule has 5 heterocycles. The van der Waals surface area contributed by atoms with Crippen LogP contribution in [0, 0.1) is 11.8 Å². The quantitative estimate of drug-likeness (QED) is 0.552. The minimum atomic E-state index is 0.152. The summed E-state index contributed by atoms with van der Waals surface area (Å²) in [7, 11) is 0. The van der Waals surface area contributed by atoms with E-state index in [9.17, 15) is 4.79 Å². The molecule has 6 nitrogen and oxygen atoms in total. The Morgan fingerprint density at radius 3 is 2.74 bits per heavy atom. The van der Waals surface area contributed by atoms with Crippen LogP contribution < -0.4 is 4.90 Å². The summed E-state index contributed by atoms with van der Waals surface area (Å²) in [4.78, 5) is 23.6. The predicted molar refractivity (Wildman–Crippen MR) is 105 cm³/mol. The Balaban J connectivity index is 1.02. The van der Waals surface area contributed by atoms with Gasteiger partial charge in [0.2, 0.25) is 5.91 Å². The fourth-order valence-electron chi connectivity index (χ4n) is 5.19. The van der Waals surface area contributed by atoms with Crippen LogP contribution in [0.4, 0.5) is 5.82 Å². The molecule has 4 saturated heterocycles. The number of amides is 1. The van der Waals surface area contributed by atoms with E-state index in [0.29, 0.717) is 17.3 Å². The third kappa shape index (κ3) is 3.44. The average Bonchev–Trinajstić information content (AvgIpc) is 3.40. The largest absolute Gasteiger partial charge is 0.373 e. The van der Waals surface area contributed by atoms with Gasteiger partial charge in [-0.3, -0.25) is 14.1 Å². The number of carbonyl (C=O) groups is 1. The fourth-order valence-corrected chi connectivity index (χ4v) is 6.71. The highest BCUT2D eigenvalue weighted by molar-refractivity contribution is 7.98. The van der Waals surface area contributed by atoms with Crippen LogP contribution in [-0.4, -0.2) is 57.3 Å². The summed E-state index contributed by atoms with van der Waals surface area (Å²) in [5.74, 6) is 2.31. The van der Waals surface area contributed by atoms with E-state index in [2.05, 4.69) is 19.2 Å². The second-order valence-electron chi connectivity index (χ2n) is 8.32. The maximum Gasteiger partial charge on any atom is 0.239 e. The van der Waals surface area contributed by atoms with Gasteiger partial charge in [0.05, 0.1) is 29.6 Å². The van der Waals surface area contributed by atoms with E-state index in [0.717, 1.165) is 50.6 Å². The van der Waals surface area contributed by atoms with Gasteiger partial charge in [0, 0.05) is 32.0 Å². The standard InChI is InChI=1S/C20H28N4O2S/c25-20-18-15-4-5-16(26-15)19(18)27-24(20)10-2-1-3-14-6-11-23(12-7-14)17-13-21-8-9-22-17/h8-9,13-16,18-19H,1-7,10-12H2. The molecule has 4 unspecified atom stereocenters. The zero-order chi connectivity index (χ0) is 18.2. The lowest BCUT2D eigenvalue weighted by atomic mass is 9.88. The second kappa shape index (κ2) is 7.59. The van der Waals surface area contributed by atoms with Crippen molar-refractivity contribution < 1.29 is 9.53 Å². The van der Waals surface area contributed by atoms with Crippen LogP contribution in [0.1, 0.15) is 44.9 Å². The lowest BCUT2D eigenvalue weighted by Gasteiger charge is -2.32. The van der Waals surface area contributed by atoms with Crippen molar-refractivity contribution in [2.45, 2.75) is 62.4 Å². The van der Waals surface area contributed by atoms with Crippen molar-refractivity contribution in [2.75, 3.05) is 24.5 Å². The number of anilines is 1. The Morgan fingerprint density at radius 1 is 1.11 bits per heavy atom. The number of hydrogen-bond donors (Lipinski definition) is 0. The highest BCUT2D eigenvalue weighted by atomic mass is 32.2. The van der Waals surface area contributed by atoms with Crippen molar-refractivity contribution >= 4 is 23.7 Å². The maximum atomic E-state index is 12.7. The molecule has 146 valence electrons. The Kier molecular flexibility index (Phi) is 4.98. The van der Waals surface area contributed by atoms with Crippen LogP contribution in [0.2, 0.25) is 0 Å². The Morgan fingerprint density at radius 2 is 1.96 bits per heavy atom. The van der Waals surface area contributed by atoms with Crippen molar-refractivity contribution in [1.29, 1.82) is 0 Å². The molecule has 0 aliphatic carbocycles. The van der Waals surface area contributed by atoms with Gasteiger partial charge in [0.15, 0.2) is 0 Å². The summed E-state index contributed by atoms with van der Waals surface area (Å²) in [5.41, 5.74) is 0. The second-order valence-corrected chi connectivity index (χ2v) is 9.51. The Hall–Kier alpha value is -1.34. The minimum Gasteiger partial charge on any atom is -0.373 e. The molecular weight excluding hydrogens is 360 g/mol. The normalized spacial score (nSPS) is 33.1. The monoisotopic (exact) mass is 388 g/mol. The number of piperidine rings is 1. The summed E-state index contributed by atoms with van der Waals surface area (Å²) < 4.78 is 7.98. The Labute approximate surface area is 165 Å². The summed E-state index contributed by atoms with van der Waals surface area (Å²) in [5, 5.41) is 0.404. The number of aromatic nitrogens is 2. The smallest absolute Gasteiger partial charge is 0.239 e.